The molecule has 1 aromatic rings. The summed E-state index contributed by atoms with van der Waals surface area (Å²) in [6, 6.07) is 5.53. The third-order valence-electron chi connectivity index (χ3n) is 3.61. The van der Waals surface area contributed by atoms with Crippen LogP contribution in [0, 0.1) is 16.0 Å². The SMILES string of the molecule is NCC1CCCC1NC(=O)Nc1ccc([N+](=O)[O-])cc1. The molecule has 108 valence electrons. The fraction of sp³-hybridized carbons (Fsp3) is 0.462. The number of nitro groups is 1. The van der Waals surface area contributed by atoms with Crippen molar-refractivity contribution in [3.63, 3.8) is 0 Å². The zero-order chi connectivity index (χ0) is 14.5. The van der Waals surface area contributed by atoms with Gasteiger partial charge < -0.3 is 16.4 Å². The molecule has 0 bridgehead atoms. The number of non-ortho nitro benzene ring substituents is 1. The van der Waals surface area contributed by atoms with Crippen molar-refractivity contribution in [2.24, 2.45) is 11.7 Å². The summed E-state index contributed by atoms with van der Waals surface area (Å²) >= 11 is 0. The molecular formula is C13H18N4O3. The molecule has 0 aliphatic heterocycles. The van der Waals surface area contributed by atoms with Crippen molar-refractivity contribution < 1.29 is 9.72 Å². The lowest BCUT2D eigenvalue weighted by Gasteiger charge is -2.19. The summed E-state index contributed by atoms with van der Waals surface area (Å²) in [5.74, 6) is 0.331. The second-order valence-corrected chi connectivity index (χ2v) is 4.94. The van der Waals surface area contributed by atoms with Gasteiger partial charge in [-0.1, -0.05) is 6.42 Å². The third kappa shape index (κ3) is 3.45. The zero-order valence-electron chi connectivity index (χ0n) is 11.0. The van der Waals surface area contributed by atoms with Crippen LogP contribution in [0.25, 0.3) is 0 Å². The van der Waals surface area contributed by atoms with E-state index in [1.54, 1.807) is 0 Å². The van der Waals surface area contributed by atoms with E-state index in [4.69, 9.17) is 5.73 Å². The van der Waals surface area contributed by atoms with Crippen LogP contribution >= 0.6 is 0 Å². The van der Waals surface area contributed by atoms with Crippen LogP contribution in [-0.4, -0.2) is 23.5 Å². The Morgan fingerprint density at radius 1 is 1.35 bits per heavy atom. The summed E-state index contributed by atoms with van der Waals surface area (Å²) in [6.07, 6.45) is 3.05. The fourth-order valence-electron chi connectivity index (χ4n) is 2.51. The van der Waals surface area contributed by atoms with E-state index >= 15 is 0 Å². The first kappa shape index (κ1) is 14.3. The molecule has 0 saturated heterocycles. The Hall–Kier alpha value is -2.15. The molecule has 1 saturated carbocycles. The smallest absolute Gasteiger partial charge is 0.319 e. The van der Waals surface area contributed by atoms with Crippen molar-refractivity contribution in [3.05, 3.63) is 34.4 Å². The molecule has 0 radical (unpaired) electrons. The largest absolute Gasteiger partial charge is 0.335 e. The molecule has 1 aliphatic carbocycles. The first-order chi connectivity index (χ1) is 9.60. The Balaban J connectivity index is 1.89. The zero-order valence-corrected chi connectivity index (χ0v) is 11.0. The van der Waals surface area contributed by atoms with Crippen LogP contribution in [-0.2, 0) is 0 Å². The Labute approximate surface area is 116 Å². The third-order valence-corrected chi connectivity index (χ3v) is 3.61. The molecule has 2 rings (SSSR count). The lowest BCUT2D eigenvalue weighted by atomic mass is 10.0. The number of nitrogens with zero attached hydrogens (tertiary/aromatic N) is 1. The first-order valence-corrected chi connectivity index (χ1v) is 6.62. The second kappa shape index (κ2) is 6.33. The van der Waals surface area contributed by atoms with Crippen LogP contribution in [0.5, 0.6) is 0 Å². The van der Waals surface area contributed by atoms with Gasteiger partial charge in [-0.05, 0) is 37.4 Å². The summed E-state index contributed by atoms with van der Waals surface area (Å²) in [5.41, 5.74) is 6.18. The summed E-state index contributed by atoms with van der Waals surface area (Å²) in [4.78, 5) is 21.9. The van der Waals surface area contributed by atoms with Crippen LogP contribution in [0.2, 0.25) is 0 Å². The number of amides is 2. The predicted molar refractivity (Wildman–Crippen MR) is 75.4 cm³/mol. The molecule has 1 aromatic carbocycles. The number of hydrogen-bond donors (Lipinski definition) is 3. The number of rotatable bonds is 4. The van der Waals surface area contributed by atoms with Crippen LogP contribution in [0.1, 0.15) is 19.3 Å². The Morgan fingerprint density at radius 3 is 2.65 bits per heavy atom. The van der Waals surface area contributed by atoms with Gasteiger partial charge in [0.2, 0.25) is 0 Å². The highest BCUT2D eigenvalue weighted by Crippen LogP contribution is 2.24. The van der Waals surface area contributed by atoms with E-state index in [9.17, 15) is 14.9 Å². The van der Waals surface area contributed by atoms with E-state index in [0.717, 1.165) is 19.3 Å². The number of carbonyl (C=O) groups is 1. The lowest BCUT2D eigenvalue weighted by Crippen LogP contribution is -2.42. The summed E-state index contributed by atoms with van der Waals surface area (Å²) in [5, 5.41) is 16.1. The van der Waals surface area contributed by atoms with Crippen LogP contribution in [0.4, 0.5) is 16.2 Å². The molecular weight excluding hydrogens is 260 g/mol. The van der Waals surface area contributed by atoms with Gasteiger partial charge in [0.1, 0.15) is 0 Å². The molecule has 0 aromatic heterocycles. The average molecular weight is 278 g/mol. The number of urea groups is 1. The quantitative estimate of drug-likeness (QED) is 0.576. The average Bonchev–Trinajstić information content (AvgIpc) is 2.86. The molecule has 0 heterocycles. The van der Waals surface area contributed by atoms with Gasteiger partial charge in [-0.25, -0.2) is 4.79 Å². The highest BCUT2D eigenvalue weighted by atomic mass is 16.6. The van der Waals surface area contributed by atoms with Crippen LogP contribution in [0.3, 0.4) is 0 Å². The Kier molecular flexibility index (Phi) is 4.52. The maximum Gasteiger partial charge on any atom is 0.319 e. The second-order valence-electron chi connectivity index (χ2n) is 4.94. The van der Waals surface area contributed by atoms with Crippen molar-refractivity contribution >= 4 is 17.4 Å². The molecule has 1 aliphatic rings. The van der Waals surface area contributed by atoms with Crippen molar-refractivity contribution in [2.75, 3.05) is 11.9 Å². The van der Waals surface area contributed by atoms with Crippen molar-refractivity contribution in [3.8, 4) is 0 Å². The summed E-state index contributed by atoms with van der Waals surface area (Å²) in [7, 11) is 0. The molecule has 2 atom stereocenters. The van der Waals surface area contributed by atoms with Gasteiger partial charge >= 0.3 is 6.03 Å². The highest BCUT2D eigenvalue weighted by molar-refractivity contribution is 5.89. The van der Waals surface area contributed by atoms with E-state index in [-0.39, 0.29) is 17.8 Å². The van der Waals surface area contributed by atoms with Gasteiger partial charge in [0, 0.05) is 23.9 Å². The van der Waals surface area contributed by atoms with E-state index in [0.29, 0.717) is 18.2 Å². The number of hydrogen-bond acceptors (Lipinski definition) is 4. The van der Waals surface area contributed by atoms with Gasteiger partial charge in [0.25, 0.3) is 5.69 Å². The number of nitrogens with one attached hydrogen (secondary N) is 2. The molecule has 7 nitrogen and oxygen atoms in total. The minimum Gasteiger partial charge on any atom is -0.335 e. The monoisotopic (exact) mass is 278 g/mol. The van der Waals surface area contributed by atoms with Gasteiger partial charge in [-0.15, -0.1) is 0 Å². The van der Waals surface area contributed by atoms with Gasteiger partial charge in [-0.2, -0.15) is 0 Å². The van der Waals surface area contributed by atoms with Crippen LogP contribution in [0.15, 0.2) is 24.3 Å². The standard InChI is InChI=1S/C13H18N4O3/c14-8-9-2-1-3-12(9)16-13(18)15-10-4-6-11(7-5-10)17(19)20/h4-7,9,12H,1-3,8,14H2,(H2,15,16,18). The number of nitrogens with two attached hydrogens (primary N) is 1. The van der Waals surface area contributed by atoms with Crippen molar-refractivity contribution in [1.82, 2.24) is 5.32 Å². The van der Waals surface area contributed by atoms with E-state index in [1.807, 2.05) is 0 Å². The van der Waals surface area contributed by atoms with Gasteiger partial charge in [0.05, 0.1) is 4.92 Å². The summed E-state index contributed by atoms with van der Waals surface area (Å²) in [6.45, 7) is 0.572. The molecule has 2 unspecified atom stereocenters. The van der Waals surface area contributed by atoms with Gasteiger partial charge in [-0.3, -0.25) is 10.1 Å². The maximum atomic E-state index is 11.9. The Morgan fingerprint density at radius 2 is 2.05 bits per heavy atom. The fourth-order valence-corrected chi connectivity index (χ4v) is 2.51. The number of anilines is 1. The molecule has 1 fully saturated rings. The molecule has 7 heteroatoms. The minimum atomic E-state index is -0.478. The first-order valence-electron chi connectivity index (χ1n) is 6.62. The van der Waals surface area contributed by atoms with E-state index < -0.39 is 4.92 Å². The molecule has 2 amide bonds. The van der Waals surface area contributed by atoms with E-state index in [2.05, 4.69) is 10.6 Å². The normalized spacial score (nSPS) is 21.4. The minimum absolute atomic E-state index is 0.00468. The number of benzene rings is 1. The summed E-state index contributed by atoms with van der Waals surface area (Å²) < 4.78 is 0. The van der Waals surface area contributed by atoms with Gasteiger partial charge in [0.15, 0.2) is 0 Å². The predicted octanol–water partition coefficient (Wildman–Crippen LogP) is 1.84. The van der Waals surface area contributed by atoms with Crippen LogP contribution < -0.4 is 16.4 Å². The van der Waals surface area contributed by atoms with E-state index in [1.165, 1.54) is 24.3 Å². The highest BCUT2D eigenvalue weighted by Gasteiger charge is 2.27. The molecule has 0 spiro atoms. The molecule has 20 heavy (non-hydrogen) atoms. The Bertz CT molecular complexity index is 489. The number of carbonyl (C=O) groups excluding carboxylic acids is 1. The maximum absolute atomic E-state index is 11.9. The topological polar surface area (TPSA) is 110 Å². The lowest BCUT2D eigenvalue weighted by molar-refractivity contribution is -0.384. The number of nitro benzene ring substituents is 1. The van der Waals surface area contributed by atoms with Crippen molar-refractivity contribution in [1.29, 1.82) is 0 Å². The molecule has 4 N–H and O–H groups in total. The van der Waals surface area contributed by atoms with Crippen molar-refractivity contribution in [2.45, 2.75) is 25.3 Å².